The molecule has 1 heterocycles. The summed E-state index contributed by atoms with van der Waals surface area (Å²) >= 11 is 0. The van der Waals surface area contributed by atoms with Crippen molar-refractivity contribution < 1.29 is 19.1 Å². The normalized spacial score (nSPS) is 15.5. The van der Waals surface area contributed by atoms with E-state index in [2.05, 4.69) is 5.32 Å². The lowest BCUT2D eigenvalue weighted by Gasteiger charge is -2.32. The zero-order chi connectivity index (χ0) is 21.3. The standard InChI is InChI=1S/C24H30N2O4/c1-18(19-6-4-3-5-7-19)25-24(28)20-8-10-21(11-9-20)30-22-12-15-26(16-13-22)23(27)14-17-29-2/h3-11,18,22H,12-17H2,1-2H3,(H,25,28)/t18-/m1/s1. The molecule has 2 aromatic carbocycles. The minimum atomic E-state index is -0.110. The Labute approximate surface area is 178 Å². The van der Waals surface area contributed by atoms with Crippen LogP contribution in [0.2, 0.25) is 0 Å². The molecule has 0 radical (unpaired) electrons. The molecule has 160 valence electrons. The van der Waals surface area contributed by atoms with Crippen molar-refractivity contribution in [2.45, 2.75) is 38.3 Å². The summed E-state index contributed by atoms with van der Waals surface area (Å²) in [6, 6.07) is 17.0. The Kier molecular flexibility index (Phi) is 7.85. The molecular weight excluding hydrogens is 380 g/mol. The van der Waals surface area contributed by atoms with Crippen LogP contribution < -0.4 is 10.1 Å². The Morgan fingerprint density at radius 1 is 1.07 bits per heavy atom. The van der Waals surface area contributed by atoms with Crippen molar-refractivity contribution in [3.8, 4) is 5.75 Å². The molecule has 0 aromatic heterocycles. The smallest absolute Gasteiger partial charge is 0.251 e. The first-order valence-corrected chi connectivity index (χ1v) is 10.5. The molecule has 0 saturated carbocycles. The van der Waals surface area contributed by atoms with E-state index in [9.17, 15) is 9.59 Å². The third-order valence-electron chi connectivity index (χ3n) is 5.38. The van der Waals surface area contributed by atoms with Crippen LogP contribution in [0.5, 0.6) is 5.75 Å². The number of ether oxygens (including phenoxy) is 2. The lowest BCUT2D eigenvalue weighted by molar-refractivity contribution is -0.133. The number of hydrogen-bond acceptors (Lipinski definition) is 4. The molecule has 1 aliphatic rings. The largest absolute Gasteiger partial charge is 0.490 e. The molecule has 6 heteroatoms. The summed E-state index contributed by atoms with van der Waals surface area (Å²) in [6.45, 7) is 3.83. The second-order valence-corrected chi connectivity index (χ2v) is 7.57. The molecule has 1 fully saturated rings. The van der Waals surface area contributed by atoms with Crippen LogP contribution in [-0.4, -0.2) is 49.6 Å². The number of rotatable bonds is 8. The number of carbonyl (C=O) groups excluding carboxylic acids is 2. The van der Waals surface area contributed by atoms with Crippen molar-refractivity contribution in [1.82, 2.24) is 10.2 Å². The molecule has 30 heavy (non-hydrogen) atoms. The lowest BCUT2D eigenvalue weighted by Crippen LogP contribution is -2.42. The second kappa shape index (κ2) is 10.8. The minimum Gasteiger partial charge on any atom is -0.490 e. The van der Waals surface area contributed by atoms with Crippen molar-refractivity contribution in [3.05, 3.63) is 65.7 Å². The first-order valence-electron chi connectivity index (χ1n) is 10.5. The van der Waals surface area contributed by atoms with Crippen LogP contribution in [0.4, 0.5) is 0 Å². The van der Waals surface area contributed by atoms with E-state index in [0.717, 1.165) is 24.2 Å². The van der Waals surface area contributed by atoms with Gasteiger partial charge in [-0.05, 0) is 36.8 Å². The number of hydrogen-bond donors (Lipinski definition) is 1. The van der Waals surface area contributed by atoms with Crippen LogP contribution in [0, 0.1) is 0 Å². The molecule has 1 saturated heterocycles. The number of nitrogens with one attached hydrogen (secondary N) is 1. The van der Waals surface area contributed by atoms with Crippen molar-refractivity contribution in [1.29, 1.82) is 0 Å². The third kappa shape index (κ3) is 6.07. The van der Waals surface area contributed by atoms with Crippen LogP contribution in [0.25, 0.3) is 0 Å². The molecule has 0 bridgehead atoms. The average molecular weight is 411 g/mol. The zero-order valence-electron chi connectivity index (χ0n) is 17.7. The van der Waals surface area contributed by atoms with Crippen molar-refractivity contribution >= 4 is 11.8 Å². The van der Waals surface area contributed by atoms with Gasteiger partial charge in [-0.3, -0.25) is 9.59 Å². The molecule has 0 aliphatic carbocycles. The van der Waals surface area contributed by atoms with E-state index in [1.165, 1.54) is 0 Å². The van der Waals surface area contributed by atoms with Crippen molar-refractivity contribution in [2.75, 3.05) is 26.8 Å². The number of amides is 2. The second-order valence-electron chi connectivity index (χ2n) is 7.57. The van der Waals surface area contributed by atoms with E-state index in [4.69, 9.17) is 9.47 Å². The van der Waals surface area contributed by atoms with Gasteiger partial charge in [0, 0.05) is 38.6 Å². The van der Waals surface area contributed by atoms with Crippen LogP contribution in [0.3, 0.4) is 0 Å². The Bertz CT molecular complexity index is 815. The molecule has 1 aliphatic heterocycles. The number of likely N-dealkylation sites (tertiary alicyclic amines) is 1. The van der Waals surface area contributed by atoms with E-state index in [-0.39, 0.29) is 24.0 Å². The average Bonchev–Trinajstić information content (AvgIpc) is 2.79. The molecule has 2 aromatic rings. The first-order chi connectivity index (χ1) is 14.6. The van der Waals surface area contributed by atoms with Gasteiger partial charge in [-0.15, -0.1) is 0 Å². The van der Waals surface area contributed by atoms with Crippen LogP contribution >= 0.6 is 0 Å². The van der Waals surface area contributed by atoms with Crippen LogP contribution in [-0.2, 0) is 9.53 Å². The highest BCUT2D eigenvalue weighted by Gasteiger charge is 2.23. The Morgan fingerprint density at radius 2 is 1.73 bits per heavy atom. The Balaban J connectivity index is 1.47. The van der Waals surface area contributed by atoms with Gasteiger partial charge >= 0.3 is 0 Å². The van der Waals surface area contributed by atoms with E-state index in [1.54, 1.807) is 19.2 Å². The molecular formula is C24H30N2O4. The molecule has 1 N–H and O–H groups in total. The molecule has 0 spiro atoms. The topological polar surface area (TPSA) is 67.9 Å². The van der Waals surface area contributed by atoms with Crippen molar-refractivity contribution in [3.63, 3.8) is 0 Å². The van der Waals surface area contributed by atoms with Gasteiger partial charge in [-0.1, -0.05) is 30.3 Å². The maximum atomic E-state index is 12.5. The van der Waals surface area contributed by atoms with E-state index in [0.29, 0.717) is 31.7 Å². The SMILES string of the molecule is COCCC(=O)N1CCC(Oc2ccc(C(=O)N[C@H](C)c3ccccc3)cc2)CC1. The van der Waals surface area contributed by atoms with Crippen LogP contribution in [0.1, 0.15) is 48.1 Å². The summed E-state index contributed by atoms with van der Waals surface area (Å²) in [4.78, 5) is 26.4. The van der Waals surface area contributed by atoms with E-state index >= 15 is 0 Å². The van der Waals surface area contributed by atoms with Gasteiger partial charge < -0.3 is 19.7 Å². The summed E-state index contributed by atoms with van der Waals surface area (Å²) < 4.78 is 11.0. The highest BCUT2D eigenvalue weighted by molar-refractivity contribution is 5.94. The third-order valence-corrected chi connectivity index (χ3v) is 5.38. The van der Waals surface area contributed by atoms with E-state index < -0.39 is 0 Å². The lowest BCUT2D eigenvalue weighted by atomic mass is 10.1. The molecule has 1 atom stereocenters. The van der Waals surface area contributed by atoms with Gasteiger partial charge in [-0.2, -0.15) is 0 Å². The highest BCUT2D eigenvalue weighted by atomic mass is 16.5. The number of piperidine rings is 1. The highest BCUT2D eigenvalue weighted by Crippen LogP contribution is 2.21. The summed E-state index contributed by atoms with van der Waals surface area (Å²) in [6.07, 6.45) is 2.11. The van der Waals surface area contributed by atoms with Crippen LogP contribution in [0.15, 0.2) is 54.6 Å². The van der Waals surface area contributed by atoms with Gasteiger partial charge in [0.2, 0.25) is 5.91 Å². The number of carbonyl (C=O) groups is 2. The van der Waals surface area contributed by atoms with Gasteiger partial charge in [0.1, 0.15) is 11.9 Å². The molecule has 0 unspecified atom stereocenters. The maximum absolute atomic E-state index is 12.5. The fourth-order valence-electron chi connectivity index (χ4n) is 3.55. The zero-order valence-corrected chi connectivity index (χ0v) is 17.7. The molecule has 6 nitrogen and oxygen atoms in total. The molecule has 3 rings (SSSR count). The minimum absolute atomic E-state index is 0.0635. The summed E-state index contributed by atoms with van der Waals surface area (Å²) in [5.41, 5.74) is 1.67. The predicted octanol–water partition coefficient (Wildman–Crippen LogP) is 3.58. The summed E-state index contributed by atoms with van der Waals surface area (Å²) in [5.74, 6) is 0.767. The number of methoxy groups -OCH3 is 1. The van der Waals surface area contributed by atoms with E-state index in [1.807, 2.05) is 54.3 Å². The number of benzene rings is 2. The fourth-order valence-corrected chi connectivity index (χ4v) is 3.55. The maximum Gasteiger partial charge on any atom is 0.251 e. The summed E-state index contributed by atoms with van der Waals surface area (Å²) in [5, 5.41) is 3.02. The van der Waals surface area contributed by atoms with Gasteiger partial charge in [-0.25, -0.2) is 0 Å². The monoisotopic (exact) mass is 410 g/mol. The van der Waals surface area contributed by atoms with Gasteiger partial charge in [0.25, 0.3) is 5.91 Å². The Hall–Kier alpha value is -2.86. The predicted molar refractivity (Wildman–Crippen MR) is 115 cm³/mol. The first kappa shape index (κ1) is 21.8. The van der Waals surface area contributed by atoms with Gasteiger partial charge in [0.15, 0.2) is 0 Å². The van der Waals surface area contributed by atoms with Gasteiger partial charge in [0.05, 0.1) is 19.1 Å². The van der Waals surface area contributed by atoms with Crippen molar-refractivity contribution in [2.24, 2.45) is 0 Å². The fraction of sp³-hybridized carbons (Fsp3) is 0.417. The summed E-state index contributed by atoms with van der Waals surface area (Å²) in [7, 11) is 1.60. The molecule has 2 amide bonds. The Morgan fingerprint density at radius 3 is 2.37 bits per heavy atom. The number of nitrogens with zero attached hydrogens (tertiary/aromatic N) is 1. The quantitative estimate of drug-likeness (QED) is 0.722.